The smallest absolute Gasteiger partial charge is 0.314 e. The Morgan fingerprint density at radius 3 is 2.68 bits per heavy atom. The van der Waals surface area contributed by atoms with Crippen LogP contribution < -0.4 is 26.2 Å². The third-order valence-electron chi connectivity index (χ3n) is 4.88. The number of aromatic nitrogens is 1. The molecule has 2 heterocycles. The Morgan fingerprint density at radius 1 is 1.25 bits per heavy atom. The van der Waals surface area contributed by atoms with Crippen molar-refractivity contribution >= 4 is 23.7 Å². The number of hydrogen-bond donors (Lipinski definition) is 4. The van der Waals surface area contributed by atoms with E-state index in [1.165, 1.54) is 0 Å². The average molecular weight is 390 g/mol. The first-order valence-corrected chi connectivity index (χ1v) is 9.53. The van der Waals surface area contributed by atoms with Crippen LogP contribution in [0.5, 0.6) is 0 Å². The van der Waals surface area contributed by atoms with E-state index >= 15 is 0 Å². The van der Waals surface area contributed by atoms with Crippen LogP contribution >= 0.6 is 0 Å². The molecule has 0 aliphatic carbocycles. The third kappa shape index (κ3) is 5.41. The number of urea groups is 1. The zero-order valence-corrected chi connectivity index (χ0v) is 16.9. The van der Waals surface area contributed by atoms with Gasteiger partial charge in [-0.25, -0.2) is 9.78 Å². The molecule has 154 valence electrons. The van der Waals surface area contributed by atoms with Crippen molar-refractivity contribution in [2.75, 3.05) is 32.1 Å². The number of likely N-dealkylation sites (N-methyl/N-ethyl adjacent to an activating group) is 1. The highest BCUT2D eigenvalue weighted by atomic mass is 16.2. The van der Waals surface area contributed by atoms with Gasteiger partial charge in [0.15, 0.2) is 0 Å². The summed E-state index contributed by atoms with van der Waals surface area (Å²) in [6.45, 7) is 4.46. The minimum absolute atomic E-state index is 0.0270. The summed E-state index contributed by atoms with van der Waals surface area (Å²) in [5.41, 5.74) is 0.989. The lowest BCUT2D eigenvalue weighted by atomic mass is 10.1. The number of rotatable bonds is 8. The molecule has 9 nitrogen and oxygen atoms in total. The Bertz CT molecular complexity index is 711. The number of hydrogen-bond acceptors (Lipinski definition) is 5. The van der Waals surface area contributed by atoms with Gasteiger partial charge in [0, 0.05) is 32.8 Å². The number of nitrogens with zero attached hydrogens (tertiary/aromatic N) is 2. The molecule has 0 saturated heterocycles. The summed E-state index contributed by atoms with van der Waals surface area (Å²) in [4.78, 5) is 42.5. The molecule has 0 bridgehead atoms. The molecule has 0 spiro atoms. The Balaban J connectivity index is 2.00. The maximum atomic E-state index is 13.0. The predicted molar refractivity (Wildman–Crippen MR) is 107 cm³/mol. The minimum Gasteiger partial charge on any atom is -0.354 e. The lowest BCUT2D eigenvalue weighted by Gasteiger charge is -2.26. The van der Waals surface area contributed by atoms with E-state index in [0.29, 0.717) is 25.3 Å². The number of fused-ring (bicyclic) bond motifs is 1. The molecular formula is C19H30N6O3. The molecule has 3 atom stereocenters. The summed E-state index contributed by atoms with van der Waals surface area (Å²) in [7, 11) is 3.27. The maximum Gasteiger partial charge on any atom is 0.314 e. The Morgan fingerprint density at radius 2 is 2.00 bits per heavy atom. The molecule has 0 fully saturated rings. The Hall–Kier alpha value is -2.68. The molecule has 9 heteroatoms. The van der Waals surface area contributed by atoms with E-state index in [-0.39, 0.29) is 42.3 Å². The van der Waals surface area contributed by atoms with E-state index in [2.05, 4.69) is 26.3 Å². The van der Waals surface area contributed by atoms with Crippen LogP contribution in [0.3, 0.4) is 0 Å². The lowest BCUT2D eigenvalue weighted by molar-refractivity contribution is -0.123. The van der Waals surface area contributed by atoms with Crippen LogP contribution in [-0.2, 0) is 16.0 Å². The van der Waals surface area contributed by atoms with Crippen LogP contribution in [0.25, 0.3) is 0 Å². The molecule has 1 aromatic heterocycles. The molecule has 1 aromatic rings. The fourth-order valence-electron chi connectivity index (χ4n) is 3.14. The van der Waals surface area contributed by atoms with Crippen molar-refractivity contribution in [1.82, 2.24) is 26.3 Å². The van der Waals surface area contributed by atoms with Gasteiger partial charge >= 0.3 is 6.03 Å². The zero-order valence-electron chi connectivity index (χ0n) is 16.9. The topological polar surface area (TPSA) is 115 Å². The fraction of sp³-hybridized carbons (Fsp3) is 0.579. The SMILES string of the molecule is CNC(=O)NCC1Cc2cccnc2N1C(=O)C[C@H](C)CNC(=O)[C@H](C)NC. The molecule has 2 rings (SSSR count). The van der Waals surface area contributed by atoms with E-state index in [1.807, 2.05) is 19.1 Å². The second-order valence-electron chi connectivity index (χ2n) is 7.13. The number of anilines is 1. The summed E-state index contributed by atoms with van der Waals surface area (Å²) in [5.74, 6) is 0.462. The van der Waals surface area contributed by atoms with Crippen LogP contribution in [0.1, 0.15) is 25.8 Å². The van der Waals surface area contributed by atoms with Gasteiger partial charge in [0.25, 0.3) is 0 Å². The lowest BCUT2D eigenvalue weighted by Crippen LogP contribution is -2.48. The summed E-state index contributed by atoms with van der Waals surface area (Å²) < 4.78 is 0. The molecule has 4 N–H and O–H groups in total. The normalized spacial score (nSPS) is 17.4. The van der Waals surface area contributed by atoms with E-state index < -0.39 is 0 Å². The Kier molecular flexibility index (Phi) is 7.74. The summed E-state index contributed by atoms with van der Waals surface area (Å²) in [5, 5.41) is 11.0. The van der Waals surface area contributed by atoms with Crippen LogP contribution in [0.15, 0.2) is 18.3 Å². The monoisotopic (exact) mass is 390 g/mol. The van der Waals surface area contributed by atoms with Crippen LogP contribution in [0.2, 0.25) is 0 Å². The summed E-state index contributed by atoms with van der Waals surface area (Å²) in [6.07, 6.45) is 2.58. The number of carbonyl (C=O) groups excluding carboxylic acids is 3. The van der Waals surface area contributed by atoms with Crippen molar-refractivity contribution in [3.8, 4) is 0 Å². The predicted octanol–water partition coefficient (Wildman–Crippen LogP) is 0.0186. The van der Waals surface area contributed by atoms with Gasteiger partial charge in [-0.05, 0) is 37.9 Å². The molecule has 0 saturated carbocycles. The van der Waals surface area contributed by atoms with Gasteiger partial charge in [-0.15, -0.1) is 0 Å². The van der Waals surface area contributed by atoms with Gasteiger partial charge in [0.1, 0.15) is 5.82 Å². The summed E-state index contributed by atoms with van der Waals surface area (Å²) in [6, 6.07) is 3.05. The molecule has 1 aliphatic rings. The Labute approximate surface area is 165 Å². The van der Waals surface area contributed by atoms with Crippen LogP contribution in [0.4, 0.5) is 10.6 Å². The molecule has 0 aromatic carbocycles. The number of pyridine rings is 1. The van der Waals surface area contributed by atoms with Crippen LogP contribution in [0, 0.1) is 5.92 Å². The second-order valence-corrected chi connectivity index (χ2v) is 7.13. The quantitative estimate of drug-likeness (QED) is 0.499. The second kappa shape index (κ2) is 10.0. The first kappa shape index (κ1) is 21.6. The van der Waals surface area contributed by atoms with E-state index in [1.54, 1.807) is 32.1 Å². The van der Waals surface area contributed by atoms with Crippen molar-refractivity contribution in [2.24, 2.45) is 5.92 Å². The summed E-state index contributed by atoms with van der Waals surface area (Å²) >= 11 is 0. The number of nitrogens with one attached hydrogen (secondary N) is 4. The average Bonchev–Trinajstić information content (AvgIpc) is 3.07. The zero-order chi connectivity index (χ0) is 20.7. The largest absolute Gasteiger partial charge is 0.354 e. The van der Waals surface area contributed by atoms with Crippen molar-refractivity contribution in [3.63, 3.8) is 0 Å². The number of amides is 4. The van der Waals surface area contributed by atoms with Gasteiger partial charge in [0.2, 0.25) is 11.8 Å². The maximum absolute atomic E-state index is 13.0. The van der Waals surface area contributed by atoms with Crippen molar-refractivity contribution in [3.05, 3.63) is 23.9 Å². The van der Waals surface area contributed by atoms with Gasteiger partial charge in [0.05, 0.1) is 12.1 Å². The van der Waals surface area contributed by atoms with Gasteiger partial charge in [-0.1, -0.05) is 13.0 Å². The first-order chi connectivity index (χ1) is 13.4. The highest BCUT2D eigenvalue weighted by Gasteiger charge is 2.35. The molecule has 4 amide bonds. The fourth-order valence-corrected chi connectivity index (χ4v) is 3.14. The molecule has 1 unspecified atom stereocenters. The van der Waals surface area contributed by atoms with Gasteiger partial charge in [-0.3, -0.25) is 14.5 Å². The minimum atomic E-state index is -0.286. The van der Waals surface area contributed by atoms with E-state index in [0.717, 1.165) is 5.56 Å². The molecular weight excluding hydrogens is 360 g/mol. The van der Waals surface area contributed by atoms with Crippen molar-refractivity contribution < 1.29 is 14.4 Å². The van der Waals surface area contributed by atoms with E-state index in [4.69, 9.17) is 0 Å². The van der Waals surface area contributed by atoms with Gasteiger partial charge in [-0.2, -0.15) is 0 Å². The van der Waals surface area contributed by atoms with Crippen LogP contribution in [-0.4, -0.2) is 62.1 Å². The first-order valence-electron chi connectivity index (χ1n) is 9.53. The molecule has 1 aliphatic heterocycles. The highest BCUT2D eigenvalue weighted by molar-refractivity contribution is 5.95. The molecule has 28 heavy (non-hydrogen) atoms. The van der Waals surface area contributed by atoms with E-state index in [9.17, 15) is 14.4 Å². The highest BCUT2D eigenvalue weighted by Crippen LogP contribution is 2.30. The standard InChI is InChI=1S/C19H30N6O3/c1-12(10-23-18(27)13(2)20-3)8-16(26)25-15(11-24-19(28)21-4)9-14-6-5-7-22-17(14)25/h5-7,12-13,15,20H,8-11H2,1-4H3,(H,23,27)(H2,21,24,28)/t12-,13-,15?/m0/s1. The third-order valence-corrected chi connectivity index (χ3v) is 4.88. The molecule has 0 radical (unpaired) electrons. The number of carbonyl (C=O) groups is 3. The van der Waals surface area contributed by atoms with Gasteiger partial charge < -0.3 is 21.3 Å². The van der Waals surface area contributed by atoms with Crippen molar-refractivity contribution in [1.29, 1.82) is 0 Å². The van der Waals surface area contributed by atoms with Crippen molar-refractivity contribution in [2.45, 2.75) is 38.8 Å².